The largest absolute Gasteiger partial charge is 0.383 e. The number of guanidine groups is 1. The van der Waals surface area contributed by atoms with E-state index in [1.165, 1.54) is 9.75 Å². The zero-order valence-corrected chi connectivity index (χ0v) is 11.6. The van der Waals surface area contributed by atoms with E-state index in [2.05, 4.69) is 41.6 Å². The summed E-state index contributed by atoms with van der Waals surface area (Å²) in [6.07, 6.45) is 0. The molecule has 0 saturated carbocycles. The van der Waals surface area contributed by atoms with Gasteiger partial charge in [-0.05, 0) is 26.0 Å². The Balaban J connectivity index is 2.44. The number of aryl methyl sites for hydroxylation is 1. The van der Waals surface area contributed by atoms with Gasteiger partial charge in [0.05, 0.1) is 13.2 Å². The molecule has 0 spiro atoms. The molecule has 0 amide bonds. The van der Waals surface area contributed by atoms with Gasteiger partial charge < -0.3 is 15.4 Å². The van der Waals surface area contributed by atoms with E-state index in [9.17, 15) is 0 Å². The number of nitrogens with zero attached hydrogens (tertiary/aromatic N) is 1. The van der Waals surface area contributed by atoms with Gasteiger partial charge in [-0.15, -0.1) is 11.3 Å². The summed E-state index contributed by atoms with van der Waals surface area (Å²) in [5.41, 5.74) is 0. The predicted octanol–water partition coefficient (Wildman–Crippen LogP) is 1.76. The molecular weight excluding hydrogens is 234 g/mol. The maximum absolute atomic E-state index is 4.99. The molecule has 0 aromatic carbocycles. The predicted molar refractivity (Wildman–Crippen MR) is 73.8 cm³/mol. The lowest BCUT2D eigenvalue weighted by atomic mass is 10.4. The third-order valence-electron chi connectivity index (χ3n) is 2.13. The number of thiophene rings is 1. The van der Waals surface area contributed by atoms with E-state index in [0.717, 1.165) is 25.6 Å². The van der Waals surface area contributed by atoms with Crippen LogP contribution in [-0.4, -0.2) is 32.8 Å². The average Bonchev–Trinajstić information content (AvgIpc) is 2.72. The van der Waals surface area contributed by atoms with E-state index >= 15 is 0 Å². The lowest BCUT2D eigenvalue weighted by Crippen LogP contribution is -2.38. The van der Waals surface area contributed by atoms with Crippen LogP contribution in [0.15, 0.2) is 17.1 Å². The molecule has 5 heteroatoms. The van der Waals surface area contributed by atoms with Gasteiger partial charge in [-0.1, -0.05) is 0 Å². The molecule has 1 aromatic heterocycles. The Morgan fingerprint density at radius 3 is 2.82 bits per heavy atom. The van der Waals surface area contributed by atoms with Crippen molar-refractivity contribution < 1.29 is 4.74 Å². The second kappa shape index (κ2) is 8.08. The molecule has 4 nitrogen and oxygen atoms in total. The molecule has 0 atom stereocenters. The highest BCUT2D eigenvalue weighted by Crippen LogP contribution is 2.15. The molecule has 0 unspecified atom stereocenters. The van der Waals surface area contributed by atoms with Crippen LogP contribution in [0.25, 0.3) is 0 Å². The highest BCUT2D eigenvalue weighted by Gasteiger charge is 1.98. The molecule has 0 aliphatic rings. The first-order valence-corrected chi connectivity index (χ1v) is 6.64. The molecule has 0 radical (unpaired) electrons. The normalized spacial score (nSPS) is 11.6. The average molecular weight is 255 g/mol. The van der Waals surface area contributed by atoms with Crippen molar-refractivity contribution in [1.29, 1.82) is 0 Å². The SMILES string of the molecule is CCNC(=NCc1ccc(C)s1)NCCOC. The van der Waals surface area contributed by atoms with Gasteiger partial charge in [0.1, 0.15) is 0 Å². The maximum atomic E-state index is 4.99. The van der Waals surface area contributed by atoms with E-state index in [1.807, 2.05) is 0 Å². The van der Waals surface area contributed by atoms with Gasteiger partial charge in [-0.2, -0.15) is 0 Å². The monoisotopic (exact) mass is 255 g/mol. The van der Waals surface area contributed by atoms with Gasteiger partial charge in [0.2, 0.25) is 0 Å². The summed E-state index contributed by atoms with van der Waals surface area (Å²) < 4.78 is 4.99. The first-order valence-electron chi connectivity index (χ1n) is 5.82. The summed E-state index contributed by atoms with van der Waals surface area (Å²) in [5, 5.41) is 6.42. The molecule has 0 fully saturated rings. The van der Waals surface area contributed by atoms with Crippen molar-refractivity contribution >= 4 is 17.3 Å². The van der Waals surface area contributed by atoms with Gasteiger partial charge in [-0.3, -0.25) is 0 Å². The lowest BCUT2D eigenvalue weighted by Gasteiger charge is -2.10. The first kappa shape index (κ1) is 14.0. The second-order valence-electron chi connectivity index (χ2n) is 3.63. The minimum Gasteiger partial charge on any atom is -0.383 e. The molecule has 1 rings (SSSR count). The minimum atomic E-state index is 0.683. The van der Waals surface area contributed by atoms with Crippen molar-refractivity contribution in [2.24, 2.45) is 4.99 Å². The van der Waals surface area contributed by atoms with Crippen molar-refractivity contribution in [3.05, 3.63) is 21.9 Å². The quantitative estimate of drug-likeness (QED) is 0.462. The van der Waals surface area contributed by atoms with Crippen LogP contribution in [0.2, 0.25) is 0 Å². The van der Waals surface area contributed by atoms with Crippen LogP contribution in [0.1, 0.15) is 16.7 Å². The highest BCUT2D eigenvalue weighted by molar-refractivity contribution is 7.11. The van der Waals surface area contributed by atoms with Crippen LogP contribution in [0.3, 0.4) is 0 Å². The minimum absolute atomic E-state index is 0.683. The summed E-state index contributed by atoms with van der Waals surface area (Å²) in [7, 11) is 1.69. The van der Waals surface area contributed by atoms with Gasteiger partial charge in [0.25, 0.3) is 0 Å². The van der Waals surface area contributed by atoms with E-state index in [4.69, 9.17) is 4.74 Å². The molecule has 1 aromatic rings. The molecule has 0 saturated heterocycles. The third kappa shape index (κ3) is 5.70. The van der Waals surface area contributed by atoms with E-state index < -0.39 is 0 Å². The maximum Gasteiger partial charge on any atom is 0.191 e. The fourth-order valence-corrected chi connectivity index (χ4v) is 2.16. The van der Waals surface area contributed by atoms with Crippen molar-refractivity contribution in [3.8, 4) is 0 Å². The number of ether oxygens (including phenoxy) is 1. The molecule has 0 aliphatic heterocycles. The first-order chi connectivity index (χ1) is 8.26. The summed E-state index contributed by atoms with van der Waals surface area (Å²) in [6.45, 7) is 7.21. The summed E-state index contributed by atoms with van der Waals surface area (Å²) in [6, 6.07) is 4.25. The smallest absolute Gasteiger partial charge is 0.191 e. The number of hydrogen-bond acceptors (Lipinski definition) is 3. The van der Waals surface area contributed by atoms with Crippen LogP contribution < -0.4 is 10.6 Å². The standard InChI is InChI=1S/C12H21N3OS/c1-4-13-12(14-7-8-16-3)15-9-11-6-5-10(2)17-11/h5-6H,4,7-9H2,1-3H3,(H2,13,14,15). The fraction of sp³-hybridized carbons (Fsp3) is 0.583. The van der Waals surface area contributed by atoms with Gasteiger partial charge in [0.15, 0.2) is 5.96 Å². The molecule has 2 N–H and O–H groups in total. The van der Waals surface area contributed by atoms with E-state index in [-0.39, 0.29) is 0 Å². The summed E-state index contributed by atoms with van der Waals surface area (Å²) >= 11 is 1.79. The zero-order chi connectivity index (χ0) is 12.5. The van der Waals surface area contributed by atoms with Crippen LogP contribution in [0.5, 0.6) is 0 Å². The van der Waals surface area contributed by atoms with Crippen molar-refractivity contribution in [2.45, 2.75) is 20.4 Å². The van der Waals surface area contributed by atoms with Gasteiger partial charge in [-0.25, -0.2) is 4.99 Å². The number of nitrogens with one attached hydrogen (secondary N) is 2. The van der Waals surface area contributed by atoms with Gasteiger partial charge >= 0.3 is 0 Å². The number of hydrogen-bond donors (Lipinski definition) is 2. The van der Waals surface area contributed by atoms with Crippen LogP contribution >= 0.6 is 11.3 Å². The Morgan fingerprint density at radius 2 is 2.24 bits per heavy atom. The van der Waals surface area contributed by atoms with Crippen molar-refractivity contribution in [1.82, 2.24) is 10.6 Å². The Morgan fingerprint density at radius 1 is 1.41 bits per heavy atom. The topological polar surface area (TPSA) is 45.7 Å². The van der Waals surface area contributed by atoms with E-state index in [0.29, 0.717) is 6.61 Å². The Bertz CT molecular complexity index is 349. The zero-order valence-electron chi connectivity index (χ0n) is 10.7. The number of rotatable bonds is 6. The molecule has 0 bridgehead atoms. The van der Waals surface area contributed by atoms with Crippen LogP contribution in [0.4, 0.5) is 0 Å². The van der Waals surface area contributed by atoms with Crippen molar-refractivity contribution in [3.63, 3.8) is 0 Å². The lowest BCUT2D eigenvalue weighted by molar-refractivity contribution is 0.203. The number of methoxy groups -OCH3 is 1. The molecular formula is C12H21N3OS. The fourth-order valence-electron chi connectivity index (χ4n) is 1.34. The van der Waals surface area contributed by atoms with Crippen LogP contribution in [-0.2, 0) is 11.3 Å². The molecule has 0 aliphatic carbocycles. The van der Waals surface area contributed by atoms with Crippen molar-refractivity contribution in [2.75, 3.05) is 26.8 Å². The molecule has 1 heterocycles. The molecule has 17 heavy (non-hydrogen) atoms. The summed E-state index contributed by atoms with van der Waals surface area (Å²) in [4.78, 5) is 7.13. The molecule has 96 valence electrons. The number of aliphatic imine (C=N–C) groups is 1. The van der Waals surface area contributed by atoms with E-state index in [1.54, 1.807) is 18.4 Å². The van der Waals surface area contributed by atoms with Crippen LogP contribution in [0, 0.1) is 6.92 Å². The highest BCUT2D eigenvalue weighted by atomic mass is 32.1. The second-order valence-corrected chi connectivity index (χ2v) is 5.00. The summed E-state index contributed by atoms with van der Waals surface area (Å²) in [5.74, 6) is 0.843. The Kier molecular flexibility index (Phi) is 6.65. The Labute approximate surface area is 107 Å². The third-order valence-corrected chi connectivity index (χ3v) is 3.12. The Hall–Kier alpha value is -1.07. The van der Waals surface area contributed by atoms with Gasteiger partial charge in [0, 0.05) is 30.0 Å².